The van der Waals surface area contributed by atoms with Crippen LogP contribution in [0.3, 0.4) is 0 Å². The molecule has 7 heteroatoms. The summed E-state index contributed by atoms with van der Waals surface area (Å²) in [6.45, 7) is 3.17. The second kappa shape index (κ2) is 9.21. The molecule has 6 nitrogen and oxygen atoms in total. The van der Waals surface area contributed by atoms with Gasteiger partial charge in [-0.15, -0.1) is 0 Å². The summed E-state index contributed by atoms with van der Waals surface area (Å²) in [5.74, 6) is 0.884. The third kappa shape index (κ3) is 5.00. The van der Waals surface area contributed by atoms with E-state index in [0.29, 0.717) is 36.7 Å². The highest BCUT2D eigenvalue weighted by atomic mass is 19.1. The number of nitrogens with one attached hydrogen (secondary N) is 3. The number of rotatable bonds is 6. The molecule has 28 heavy (non-hydrogen) atoms. The smallest absolute Gasteiger partial charge is 0.251 e. The Hall–Kier alpha value is -3.09. The molecule has 2 aromatic rings. The molecule has 0 saturated carbocycles. The van der Waals surface area contributed by atoms with E-state index in [4.69, 9.17) is 4.74 Å². The first-order valence-electron chi connectivity index (χ1n) is 9.30. The van der Waals surface area contributed by atoms with Gasteiger partial charge in [-0.3, -0.25) is 9.79 Å². The molecule has 1 heterocycles. The first-order valence-corrected chi connectivity index (χ1v) is 9.30. The molecule has 0 saturated heterocycles. The SMILES string of the molecule is CN=C(NCCNC(=O)c1ccc(C)c(F)c1)NCC1Cc2ccccc2O1. The summed E-state index contributed by atoms with van der Waals surface area (Å²) in [4.78, 5) is 16.2. The van der Waals surface area contributed by atoms with Crippen LogP contribution in [0.5, 0.6) is 5.75 Å². The zero-order chi connectivity index (χ0) is 19.9. The van der Waals surface area contributed by atoms with Crippen LogP contribution in [0.2, 0.25) is 0 Å². The predicted molar refractivity (Wildman–Crippen MR) is 107 cm³/mol. The highest BCUT2D eigenvalue weighted by Crippen LogP contribution is 2.27. The number of fused-ring (bicyclic) bond motifs is 1. The van der Waals surface area contributed by atoms with E-state index in [1.165, 1.54) is 11.6 Å². The molecule has 0 aromatic heterocycles. The van der Waals surface area contributed by atoms with Crippen molar-refractivity contribution in [2.45, 2.75) is 19.4 Å². The van der Waals surface area contributed by atoms with Crippen molar-refractivity contribution in [1.29, 1.82) is 0 Å². The molecular formula is C21H25FN4O2. The summed E-state index contributed by atoms with van der Waals surface area (Å²) >= 11 is 0. The van der Waals surface area contributed by atoms with Crippen LogP contribution in [0, 0.1) is 12.7 Å². The Morgan fingerprint density at radius 3 is 2.71 bits per heavy atom. The molecule has 0 bridgehead atoms. The average Bonchev–Trinajstić information content (AvgIpc) is 3.12. The molecular weight excluding hydrogens is 359 g/mol. The van der Waals surface area contributed by atoms with Gasteiger partial charge in [-0.05, 0) is 36.2 Å². The van der Waals surface area contributed by atoms with Crippen molar-refractivity contribution in [2.75, 3.05) is 26.7 Å². The van der Waals surface area contributed by atoms with Crippen LogP contribution in [-0.4, -0.2) is 44.7 Å². The fourth-order valence-corrected chi connectivity index (χ4v) is 2.99. The summed E-state index contributed by atoms with van der Waals surface area (Å²) in [5.41, 5.74) is 2.04. The maximum absolute atomic E-state index is 13.6. The van der Waals surface area contributed by atoms with Crippen molar-refractivity contribution in [1.82, 2.24) is 16.0 Å². The van der Waals surface area contributed by atoms with Gasteiger partial charge in [0.2, 0.25) is 0 Å². The standard InChI is InChI=1S/C21H25FN4O2/c1-14-7-8-16(12-18(14)22)20(27)24-9-10-25-21(23-2)26-13-17-11-15-5-3-4-6-19(15)28-17/h3-8,12,17H,9-11,13H2,1-2H3,(H,24,27)(H2,23,25,26). The highest BCUT2D eigenvalue weighted by Gasteiger charge is 2.22. The Balaban J connectivity index is 1.36. The third-order valence-corrected chi connectivity index (χ3v) is 4.57. The summed E-state index contributed by atoms with van der Waals surface area (Å²) in [5, 5.41) is 9.13. The van der Waals surface area contributed by atoms with E-state index >= 15 is 0 Å². The van der Waals surface area contributed by atoms with Gasteiger partial charge in [0, 0.05) is 32.1 Å². The van der Waals surface area contributed by atoms with Gasteiger partial charge >= 0.3 is 0 Å². The summed E-state index contributed by atoms with van der Waals surface area (Å²) < 4.78 is 19.4. The number of aliphatic imine (C=N–C) groups is 1. The number of hydrogen-bond donors (Lipinski definition) is 3. The summed E-state index contributed by atoms with van der Waals surface area (Å²) in [6.07, 6.45) is 0.927. The molecule has 148 valence electrons. The molecule has 1 aliphatic rings. The van der Waals surface area contributed by atoms with Gasteiger partial charge in [0.05, 0.1) is 6.54 Å². The van der Waals surface area contributed by atoms with Crippen molar-refractivity contribution in [3.05, 3.63) is 65.0 Å². The maximum atomic E-state index is 13.6. The second-order valence-corrected chi connectivity index (χ2v) is 6.65. The van der Waals surface area contributed by atoms with Gasteiger partial charge in [0.25, 0.3) is 5.91 Å². The number of carbonyl (C=O) groups excluding carboxylic acids is 1. The topological polar surface area (TPSA) is 74.8 Å². The quantitative estimate of drug-likeness (QED) is 0.405. The van der Waals surface area contributed by atoms with Crippen LogP contribution in [0.4, 0.5) is 4.39 Å². The number of halogens is 1. The lowest BCUT2D eigenvalue weighted by Crippen LogP contribution is -2.44. The lowest BCUT2D eigenvalue weighted by atomic mass is 10.1. The van der Waals surface area contributed by atoms with E-state index in [-0.39, 0.29) is 17.8 Å². The van der Waals surface area contributed by atoms with Crippen LogP contribution in [0.15, 0.2) is 47.5 Å². The summed E-state index contributed by atoms with van der Waals surface area (Å²) in [6, 6.07) is 12.5. The minimum absolute atomic E-state index is 0.0621. The molecule has 0 fully saturated rings. The summed E-state index contributed by atoms with van der Waals surface area (Å²) in [7, 11) is 1.69. The van der Waals surface area contributed by atoms with E-state index in [9.17, 15) is 9.18 Å². The van der Waals surface area contributed by atoms with Gasteiger partial charge in [-0.1, -0.05) is 24.3 Å². The van der Waals surface area contributed by atoms with Gasteiger partial charge in [0.15, 0.2) is 5.96 Å². The normalized spacial score (nSPS) is 15.5. The monoisotopic (exact) mass is 384 g/mol. The van der Waals surface area contributed by atoms with Crippen molar-refractivity contribution < 1.29 is 13.9 Å². The Morgan fingerprint density at radius 2 is 1.96 bits per heavy atom. The van der Waals surface area contributed by atoms with E-state index in [0.717, 1.165) is 12.2 Å². The molecule has 1 amide bonds. The molecule has 0 spiro atoms. The number of para-hydroxylation sites is 1. The number of benzene rings is 2. The Labute approximate surface area is 164 Å². The van der Waals surface area contributed by atoms with Crippen molar-refractivity contribution in [2.24, 2.45) is 4.99 Å². The largest absolute Gasteiger partial charge is 0.488 e. The lowest BCUT2D eigenvalue weighted by Gasteiger charge is -2.15. The third-order valence-electron chi connectivity index (χ3n) is 4.57. The van der Waals surface area contributed by atoms with Crippen molar-refractivity contribution in [3.63, 3.8) is 0 Å². The highest BCUT2D eigenvalue weighted by molar-refractivity contribution is 5.94. The average molecular weight is 384 g/mol. The van der Waals surface area contributed by atoms with E-state index in [2.05, 4.69) is 27.0 Å². The molecule has 1 atom stereocenters. The molecule has 1 aliphatic heterocycles. The number of aryl methyl sites for hydroxylation is 1. The minimum atomic E-state index is -0.383. The molecule has 3 rings (SSSR count). The zero-order valence-corrected chi connectivity index (χ0v) is 16.1. The fourth-order valence-electron chi connectivity index (χ4n) is 2.99. The van der Waals surface area contributed by atoms with E-state index < -0.39 is 0 Å². The molecule has 0 aliphatic carbocycles. The van der Waals surface area contributed by atoms with Crippen LogP contribution >= 0.6 is 0 Å². The van der Waals surface area contributed by atoms with Gasteiger partial charge in [-0.2, -0.15) is 0 Å². The molecule has 2 aromatic carbocycles. The number of carbonyl (C=O) groups is 1. The Kier molecular flexibility index (Phi) is 6.47. The fraction of sp³-hybridized carbons (Fsp3) is 0.333. The Bertz CT molecular complexity index is 844. The second-order valence-electron chi connectivity index (χ2n) is 6.65. The van der Waals surface area contributed by atoms with Gasteiger partial charge in [-0.25, -0.2) is 4.39 Å². The predicted octanol–water partition coefficient (Wildman–Crippen LogP) is 2.03. The lowest BCUT2D eigenvalue weighted by molar-refractivity contribution is 0.0954. The number of amides is 1. The van der Waals surface area contributed by atoms with Crippen LogP contribution < -0.4 is 20.7 Å². The number of guanidine groups is 1. The van der Waals surface area contributed by atoms with E-state index in [1.54, 1.807) is 26.1 Å². The number of ether oxygens (including phenoxy) is 1. The van der Waals surface area contributed by atoms with Gasteiger partial charge in [0.1, 0.15) is 17.7 Å². The minimum Gasteiger partial charge on any atom is -0.488 e. The van der Waals surface area contributed by atoms with Crippen molar-refractivity contribution in [3.8, 4) is 5.75 Å². The van der Waals surface area contributed by atoms with Gasteiger partial charge < -0.3 is 20.7 Å². The van der Waals surface area contributed by atoms with Crippen LogP contribution in [0.1, 0.15) is 21.5 Å². The van der Waals surface area contributed by atoms with E-state index in [1.807, 2.05) is 18.2 Å². The first kappa shape index (κ1) is 19.7. The zero-order valence-electron chi connectivity index (χ0n) is 16.1. The first-order chi connectivity index (χ1) is 13.6. The number of hydrogen-bond acceptors (Lipinski definition) is 3. The Morgan fingerprint density at radius 1 is 1.18 bits per heavy atom. The van der Waals surface area contributed by atoms with Crippen LogP contribution in [0.25, 0.3) is 0 Å². The molecule has 1 unspecified atom stereocenters. The number of nitrogens with zero attached hydrogens (tertiary/aromatic N) is 1. The van der Waals surface area contributed by atoms with Crippen LogP contribution in [-0.2, 0) is 6.42 Å². The molecule has 0 radical (unpaired) electrons. The van der Waals surface area contributed by atoms with Crippen molar-refractivity contribution >= 4 is 11.9 Å². The molecule has 3 N–H and O–H groups in total. The maximum Gasteiger partial charge on any atom is 0.251 e.